The number of aromatic nitrogens is 1. The summed E-state index contributed by atoms with van der Waals surface area (Å²) >= 11 is 6.07. The molecule has 0 aliphatic carbocycles. The van der Waals surface area contributed by atoms with E-state index in [1.165, 1.54) is 4.90 Å². The summed E-state index contributed by atoms with van der Waals surface area (Å²) in [5, 5.41) is 7.13. The molecular weight excluding hydrogens is 380 g/mol. The fourth-order valence-corrected chi connectivity index (χ4v) is 3.51. The van der Waals surface area contributed by atoms with Crippen molar-refractivity contribution in [2.45, 2.75) is 45.1 Å². The molecule has 1 aromatic carbocycles. The van der Waals surface area contributed by atoms with Crippen LogP contribution in [0.15, 0.2) is 24.4 Å². The second kappa shape index (κ2) is 9.10. The number of H-pyrrole nitrogens is 1. The molecule has 28 heavy (non-hydrogen) atoms. The van der Waals surface area contributed by atoms with E-state index in [0.717, 1.165) is 29.3 Å². The molecule has 0 spiro atoms. The highest BCUT2D eigenvalue weighted by molar-refractivity contribution is 6.31. The predicted octanol–water partition coefficient (Wildman–Crippen LogP) is 2.98. The summed E-state index contributed by atoms with van der Waals surface area (Å²) in [4.78, 5) is 40.9. The molecule has 8 heteroatoms. The van der Waals surface area contributed by atoms with E-state index in [4.69, 9.17) is 11.6 Å². The zero-order valence-electron chi connectivity index (χ0n) is 15.9. The molecule has 1 aliphatic rings. The van der Waals surface area contributed by atoms with Gasteiger partial charge in [-0.2, -0.15) is 0 Å². The third-order valence-corrected chi connectivity index (χ3v) is 5.19. The van der Waals surface area contributed by atoms with Crippen LogP contribution in [0.3, 0.4) is 0 Å². The minimum atomic E-state index is -0.637. The molecule has 0 bridgehead atoms. The lowest BCUT2D eigenvalue weighted by molar-refractivity contribution is -0.127. The lowest BCUT2D eigenvalue weighted by Gasteiger charge is -2.12. The molecule has 2 heterocycles. The van der Waals surface area contributed by atoms with Gasteiger partial charge in [0.15, 0.2) is 0 Å². The number of carbonyl (C=O) groups excluding carboxylic acids is 3. The molecular formula is C20H25ClN4O3. The molecule has 0 unspecified atom stereocenters. The Bertz CT molecular complexity index is 879. The summed E-state index contributed by atoms with van der Waals surface area (Å²) in [5.41, 5.74) is 1.96. The van der Waals surface area contributed by atoms with Gasteiger partial charge >= 0.3 is 6.03 Å². The molecule has 1 aliphatic heterocycles. The number of fused-ring (bicyclic) bond motifs is 1. The molecule has 0 saturated carbocycles. The van der Waals surface area contributed by atoms with E-state index < -0.39 is 12.1 Å². The topological polar surface area (TPSA) is 94.3 Å². The molecule has 4 amide bonds. The van der Waals surface area contributed by atoms with Crippen LogP contribution in [0.5, 0.6) is 0 Å². The van der Waals surface area contributed by atoms with Crippen molar-refractivity contribution in [1.82, 2.24) is 20.5 Å². The number of aromatic amines is 1. The van der Waals surface area contributed by atoms with Crippen LogP contribution in [0.1, 0.15) is 38.2 Å². The number of amides is 4. The van der Waals surface area contributed by atoms with E-state index in [9.17, 15) is 14.4 Å². The summed E-state index contributed by atoms with van der Waals surface area (Å²) < 4.78 is 0. The largest absolute Gasteiger partial charge is 0.361 e. The number of nitrogens with zero attached hydrogens (tertiary/aromatic N) is 1. The number of nitrogens with one attached hydrogen (secondary N) is 3. The quantitative estimate of drug-likeness (QED) is 0.443. The number of benzene rings is 1. The minimum Gasteiger partial charge on any atom is -0.361 e. The molecule has 1 aromatic heterocycles. The van der Waals surface area contributed by atoms with Gasteiger partial charge in [-0.05, 0) is 43.0 Å². The highest BCUT2D eigenvalue weighted by atomic mass is 35.5. The van der Waals surface area contributed by atoms with Gasteiger partial charge in [0.05, 0.1) is 0 Å². The van der Waals surface area contributed by atoms with Gasteiger partial charge < -0.3 is 15.6 Å². The molecule has 3 N–H and O–H groups in total. The number of unbranched alkanes of at least 4 members (excludes halogenated alkanes) is 1. The Kier molecular flexibility index (Phi) is 6.57. The Hall–Kier alpha value is -2.54. The number of halogens is 1. The third-order valence-electron chi connectivity index (χ3n) is 4.95. The number of urea groups is 1. The van der Waals surface area contributed by atoms with Crippen LogP contribution >= 0.6 is 11.6 Å². The number of hydrogen-bond donors (Lipinski definition) is 3. The molecule has 1 atom stereocenters. The number of rotatable bonds is 9. The van der Waals surface area contributed by atoms with E-state index in [1.807, 2.05) is 24.4 Å². The van der Waals surface area contributed by atoms with Crippen LogP contribution in [0, 0.1) is 0 Å². The van der Waals surface area contributed by atoms with Crippen LogP contribution in [-0.2, 0) is 16.0 Å². The Morgan fingerprint density at radius 2 is 2.14 bits per heavy atom. The van der Waals surface area contributed by atoms with E-state index in [0.29, 0.717) is 24.4 Å². The second-order valence-corrected chi connectivity index (χ2v) is 7.42. The van der Waals surface area contributed by atoms with Gasteiger partial charge in [0, 0.05) is 41.6 Å². The fourth-order valence-electron chi connectivity index (χ4n) is 3.34. The van der Waals surface area contributed by atoms with Crippen LogP contribution in [0.4, 0.5) is 4.79 Å². The van der Waals surface area contributed by atoms with E-state index in [2.05, 4.69) is 22.5 Å². The third kappa shape index (κ3) is 4.65. The van der Waals surface area contributed by atoms with Crippen LogP contribution in [0.2, 0.25) is 5.02 Å². The Balaban J connectivity index is 1.53. The van der Waals surface area contributed by atoms with Crippen molar-refractivity contribution < 1.29 is 14.4 Å². The summed E-state index contributed by atoms with van der Waals surface area (Å²) in [6, 6.07) is 4.54. The van der Waals surface area contributed by atoms with Gasteiger partial charge in [0.1, 0.15) is 6.04 Å². The second-order valence-electron chi connectivity index (χ2n) is 6.99. The van der Waals surface area contributed by atoms with E-state index in [-0.39, 0.29) is 24.8 Å². The number of hydrogen-bond acceptors (Lipinski definition) is 3. The smallest absolute Gasteiger partial charge is 0.324 e. The van der Waals surface area contributed by atoms with E-state index in [1.54, 1.807) is 0 Å². The highest BCUT2D eigenvalue weighted by Gasteiger charge is 2.37. The van der Waals surface area contributed by atoms with Crippen LogP contribution in [-0.4, -0.2) is 46.9 Å². The molecule has 1 saturated heterocycles. The van der Waals surface area contributed by atoms with Crippen LogP contribution in [0.25, 0.3) is 10.9 Å². The van der Waals surface area contributed by atoms with Crippen molar-refractivity contribution in [3.05, 3.63) is 35.0 Å². The molecule has 2 aromatic rings. The standard InChI is InChI=1S/C20H25ClN4O3/c1-2-3-9-22-18(26)7-6-17-19(27)25(20(28)24-17)10-8-13-12-23-16-5-4-14(21)11-15(13)16/h4-5,11-12,17,23H,2-3,6-10H2,1H3,(H,22,26)(H,24,28)/t17-/m0/s1. The van der Waals surface area contributed by atoms with Gasteiger partial charge in [-0.25, -0.2) is 4.79 Å². The SMILES string of the molecule is CCCCNC(=O)CC[C@@H]1NC(=O)N(CCc2c[nH]c3ccc(Cl)cc23)C1=O. The van der Waals surface area contributed by atoms with Crippen molar-refractivity contribution in [2.24, 2.45) is 0 Å². The molecule has 3 rings (SSSR count). The maximum atomic E-state index is 12.5. The number of carbonyl (C=O) groups is 3. The Morgan fingerprint density at radius 3 is 2.93 bits per heavy atom. The number of imide groups is 1. The first-order chi connectivity index (χ1) is 13.5. The zero-order chi connectivity index (χ0) is 20.1. The van der Waals surface area contributed by atoms with Crippen molar-refractivity contribution in [3.8, 4) is 0 Å². The zero-order valence-corrected chi connectivity index (χ0v) is 16.6. The van der Waals surface area contributed by atoms with Crippen LogP contribution < -0.4 is 10.6 Å². The molecule has 7 nitrogen and oxygen atoms in total. The molecule has 0 radical (unpaired) electrons. The van der Waals surface area contributed by atoms with Gasteiger partial charge in [0.2, 0.25) is 5.91 Å². The first-order valence-electron chi connectivity index (χ1n) is 9.63. The molecule has 1 fully saturated rings. The summed E-state index contributed by atoms with van der Waals surface area (Å²) in [6.45, 7) is 2.97. The normalized spacial score (nSPS) is 16.6. The lowest BCUT2D eigenvalue weighted by Crippen LogP contribution is -2.34. The van der Waals surface area contributed by atoms with Crippen molar-refractivity contribution in [2.75, 3.05) is 13.1 Å². The monoisotopic (exact) mass is 404 g/mol. The van der Waals surface area contributed by atoms with Crippen molar-refractivity contribution in [1.29, 1.82) is 0 Å². The first kappa shape index (κ1) is 20.2. The predicted molar refractivity (Wildman–Crippen MR) is 108 cm³/mol. The average Bonchev–Trinajstić information content (AvgIpc) is 3.19. The average molecular weight is 405 g/mol. The summed E-state index contributed by atoms with van der Waals surface area (Å²) in [6.07, 6.45) is 4.87. The molecule has 150 valence electrons. The highest BCUT2D eigenvalue weighted by Crippen LogP contribution is 2.23. The van der Waals surface area contributed by atoms with Gasteiger partial charge in [0.25, 0.3) is 5.91 Å². The minimum absolute atomic E-state index is 0.0929. The Labute approximate surface area is 168 Å². The maximum absolute atomic E-state index is 12.5. The van der Waals surface area contributed by atoms with Crippen molar-refractivity contribution in [3.63, 3.8) is 0 Å². The van der Waals surface area contributed by atoms with Gasteiger partial charge in [-0.1, -0.05) is 24.9 Å². The lowest BCUT2D eigenvalue weighted by atomic mass is 10.1. The van der Waals surface area contributed by atoms with E-state index >= 15 is 0 Å². The Morgan fingerprint density at radius 1 is 1.32 bits per heavy atom. The van der Waals surface area contributed by atoms with Gasteiger partial charge in [-0.15, -0.1) is 0 Å². The summed E-state index contributed by atoms with van der Waals surface area (Å²) in [5.74, 6) is -0.367. The first-order valence-corrected chi connectivity index (χ1v) is 10.0. The fraction of sp³-hybridized carbons (Fsp3) is 0.450. The maximum Gasteiger partial charge on any atom is 0.324 e. The summed E-state index contributed by atoms with van der Waals surface area (Å²) in [7, 11) is 0. The van der Waals surface area contributed by atoms with Crippen molar-refractivity contribution >= 4 is 40.3 Å². The van der Waals surface area contributed by atoms with Gasteiger partial charge in [-0.3, -0.25) is 14.5 Å².